The SMILES string of the molecule is CCCCCCc1n[nH]c(CCCCCC)c1CCCCCC. The van der Waals surface area contributed by atoms with E-state index in [2.05, 4.69) is 31.0 Å². The average molecular weight is 321 g/mol. The molecule has 2 nitrogen and oxygen atoms in total. The number of aromatic nitrogens is 2. The molecule has 23 heavy (non-hydrogen) atoms. The Morgan fingerprint density at radius 3 is 1.70 bits per heavy atom. The molecule has 0 saturated carbocycles. The molecule has 0 aliphatic rings. The summed E-state index contributed by atoms with van der Waals surface area (Å²) in [4.78, 5) is 0. The topological polar surface area (TPSA) is 28.7 Å². The third kappa shape index (κ3) is 8.58. The first-order chi connectivity index (χ1) is 11.3. The number of H-pyrrole nitrogens is 1. The Morgan fingerprint density at radius 1 is 0.609 bits per heavy atom. The molecule has 0 atom stereocenters. The second-order valence-corrected chi connectivity index (χ2v) is 7.06. The van der Waals surface area contributed by atoms with Crippen molar-refractivity contribution in [2.45, 2.75) is 117 Å². The Labute approximate surface area is 144 Å². The van der Waals surface area contributed by atoms with Crippen LogP contribution in [0.5, 0.6) is 0 Å². The van der Waals surface area contributed by atoms with E-state index in [1.54, 1.807) is 5.56 Å². The highest BCUT2D eigenvalue weighted by Gasteiger charge is 2.12. The summed E-state index contributed by atoms with van der Waals surface area (Å²) >= 11 is 0. The molecule has 0 aliphatic carbocycles. The maximum atomic E-state index is 4.69. The summed E-state index contributed by atoms with van der Waals surface area (Å²) in [6.45, 7) is 6.85. The number of nitrogens with one attached hydrogen (secondary N) is 1. The van der Waals surface area contributed by atoms with Crippen molar-refractivity contribution in [1.82, 2.24) is 10.2 Å². The van der Waals surface area contributed by atoms with Crippen LogP contribution in [0.3, 0.4) is 0 Å². The number of rotatable bonds is 15. The Bertz CT molecular complexity index is 352. The molecule has 0 radical (unpaired) electrons. The van der Waals surface area contributed by atoms with Crippen molar-refractivity contribution >= 4 is 0 Å². The molecular weight excluding hydrogens is 280 g/mol. The molecule has 0 fully saturated rings. The van der Waals surface area contributed by atoms with E-state index in [9.17, 15) is 0 Å². The zero-order valence-electron chi connectivity index (χ0n) is 16.1. The maximum absolute atomic E-state index is 4.69. The van der Waals surface area contributed by atoms with Gasteiger partial charge in [-0.3, -0.25) is 5.10 Å². The van der Waals surface area contributed by atoms with Crippen LogP contribution in [-0.2, 0) is 19.3 Å². The predicted octanol–water partition coefficient (Wildman–Crippen LogP) is 6.78. The fourth-order valence-electron chi connectivity index (χ4n) is 3.33. The minimum Gasteiger partial charge on any atom is -0.282 e. The van der Waals surface area contributed by atoms with E-state index in [4.69, 9.17) is 0 Å². The highest BCUT2D eigenvalue weighted by molar-refractivity contribution is 5.26. The van der Waals surface area contributed by atoms with Gasteiger partial charge < -0.3 is 0 Å². The van der Waals surface area contributed by atoms with Crippen molar-refractivity contribution in [3.05, 3.63) is 17.0 Å². The highest BCUT2D eigenvalue weighted by atomic mass is 15.1. The van der Waals surface area contributed by atoms with Gasteiger partial charge in [0.25, 0.3) is 0 Å². The van der Waals surface area contributed by atoms with Crippen LogP contribution >= 0.6 is 0 Å². The van der Waals surface area contributed by atoms with Gasteiger partial charge in [-0.2, -0.15) is 5.10 Å². The Balaban J connectivity index is 2.53. The molecule has 134 valence electrons. The van der Waals surface area contributed by atoms with Gasteiger partial charge >= 0.3 is 0 Å². The van der Waals surface area contributed by atoms with Gasteiger partial charge in [-0.25, -0.2) is 0 Å². The molecule has 0 saturated heterocycles. The van der Waals surface area contributed by atoms with E-state index in [0.29, 0.717) is 0 Å². The van der Waals surface area contributed by atoms with Gasteiger partial charge in [0.2, 0.25) is 0 Å². The number of unbranched alkanes of at least 4 members (excludes halogenated alkanes) is 9. The van der Waals surface area contributed by atoms with Crippen molar-refractivity contribution in [3.63, 3.8) is 0 Å². The molecule has 0 spiro atoms. The standard InChI is InChI=1S/C21H40N2/c1-4-7-10-13-16-19-20(17-14-11-8-5-2)22-23-21(19)18-15-12-9-6-3/h4-18H2,1-3H3,(H,22,23). The van der Waals surface area contributed by atoms with Crippen molar-refractivity contribution < 1.29 is 0 Å². The maximum Gasteiger partial charge on any atom is 0.0656 e. The van der Waals surface area contributed by atoms with E-state index in [1.165, 1.54) is 108 Å². The van der Waals surface area contributed by atoms with Crippen molar-refractivity contribution in [3.8, 4) is 0 Å². The summed E-state index contributed by atoms with van der Waals surface area (Å²) in [5, 5.41) is 8.07. The summed E-state index contributed by atoms with van der Waals surface area (Å²) in [7, 11) is 0. The summed E-state index contributed by atoms with van der Waals surface area (Å²) in [6.07, 6.45) is 19.7. The van der Waals surface area contributed by atoms with Gasteiger partial charge in [-0.15, -0.1) is 0 Å². The highest BCUT2D eigenvalue weighted by Crippen LogP contribution is 2.20. The molecule has 1 heterocycles. The Kier molecular flexibility index (Phi) is 12.0. The lowest BCUT2D eigenvalue weighted by atomic mass is 9.98. The normalized spacial score (nSPS) is 11.3. The second-order valence-electron chi connectivity index (χ2n) is 7.06. The Morgan fingerprint density at radius 2 is 1.13 bits per heavy atom. The molecule has 2 heteroatoms. The smallest absolute Gasteiger partial charge is 0.0656 e. The third-order valence-corrected chi connectivity index (χ3v) is 4.87. The molecule has 0 aliphatic heterocycles. The molecule has 1 aromatic rings. The fourth-order valence-corrected chi connectivity index (χ4v) is 3.33. The van der Waals surface area contributed by atoms with Crippen LogP contribution in [-0.4, -0.2) is 10.2 Å². The van der Waals surface area contributed by atoms with Gasteiger partial charge in [-0.1, -0.05) is 78.6 Å². The van der Waals surface area contributed by atoms with Gasteiger partial charge in [0.05, 0.1) is 5.69 Å². The number of nitrogens with zero attached hydrogens (tertiary/aromatic N) is 1. The summed E-state index contributed by atoms with van der Waals surface area (Å²) in [6, 6.07) is 0. The quantitative estimate of drug-likeness (QED) is 0.354. The molecule has 0 amide bonds. The number of aryl methyl sites for hydroxylation is 2. The molecule has 0 unspecified atom stereocenters. The first kappa shape index (κ1) is 20.3. The lowest BCUT2D eigenvalue weighted by Gasteiger charge is -2.07. The van der Waals surface area contributed by atoms with Crippen LogP contribution in [0.1, 0.15) is 115 Å². The number of aromatic amines is 1. The van der Waals surface area contributed by atoms with Gasteiger partial charge in [0.1, 0.15) is 0 Å². The van der Waals surface area contributed by atoms with Crippen LogP contribution < -0.4 is 0 Å². The summed E-state index contributed by atoms with van der Waals surface area (Å²) in [5.74, 6) is 0. The zero-order chi connectivity index (χ0) is 16.8. The van der Waals surface area contributed by atoms with Gasteiger partial charge in [0, 0.05) is 5.69 Å². The van der Waals surface area contributed by atoms with Crippen molar-refractivity contribution in [2.75, 3.05) is 0 Å². The lowest BCUT2D eigenvalue weighted by Crippen LogP contribution is -1.97. The van der Waals surface area contributed by atoms with E-state index in [1.807, 2.05) is 0 Å². The molecule has 0 aromatic carbocycles. The zero-order valence-corrected chi connectivity index (χ0v) is 16.1. The predicted molar refractivity (Wildman–Crippen MR) is 102 cm³/mol. The Hall–Kier alpha value is -0.790. The second kappa shape index (κ2) is 13.6. The minimum absolute atomic E-state index is 1.18. The molecule has 1 rings (SSSR count). The fraction of sp³-hybridized carbons (Fsp3) is 0.857. The summed E-state index contributed by atoms with van der Waals surface area (Å²) < 4.78 is 0. The van der Waals surface area contributed by atoms with Crippen molar-refractivity contribution in [2.24, 2.45) is 0 Å². The molecule has 0 bridgehead atoms. The summed E-state index contributed by atoms with van der Waals surface area (Å²) in [5.41, 5.74) is 4.40. The van der Waals surface area contributed by atoms with E-state index in [-0.39, 0.29) is 0 Å². The largest absolute Gasteiger partial charge is 0.282 e. The van der Waals surface area contributed by atoms with E-state index < -0.39 is 0 Å². The minimum atomic E-state index is 1.18. The molecule has 1 aromatic heterocycles. The van der Waals surface area contributed by atoms with E-state index in [0.717, 1.165) is 0 Å². The first-order valence-corrected chi connectivity index (χ1v) is 10.4. The average Bonchev–Trinajstić information content (AvgIpc) is 2.94. The van der Waals surface area contributed by atoms with Gasteiger partial charge in [0.15, 0.2) is 0 Å². The number of hydrogen-bond donors (Lipinski definition) is 1. The van der Waals surface area contributed by atoms with E-state index >= 15 is 0 Å². The molecular formula is C21H40N2. The van der Waals surface area contributed by atoms with Crippen LogP contribution in [0, 0.1) is 0 Å². The van der Waals surface area contributed by atoms with Crippen LogP contribution in [0.4, 0.5) is 0 Å². The van der Waals surface area contributed by atoms with Crippen LogP contribution in [0.15, 0.2) is 0 Å². The van der Waals surface area contributed by atoms with Crippen molar-refractivity contribution in [1.29, 1.82) is 0 Å². The third-order valence-electron chi connectivity index (χ3n) is 4.87. The first-order valence-electron chi connectivity index (χ1n) is 10.4. The monoisotopic (exact) mass is 320 g/mol. The van der Waals surface area contributed by atoms with Gasteiger partial charge in [-0.05, 0) is 44.1 Å². The molecule has 1 N–H and O–H groups in total. The number of hydrogen-bond acceptors (Lipinski definition) is 1. The van der Waals surface area contributed by atoms with Crippen LogP contribution in [0.25, 0.3) is 0 Å². The lowest BCUT2D eigenvalue weighted by molar-refractivity contribution is 0.640. The van der Waals surface area contributed by atoms with Crippen LogP contribution in [0.2, 0.25) is 0 Å².